The van der Waals surface area contributed by atoms with Crippen molar-refractivity contribution in [3.8, 4) is 16.9 Å². The van der Waals surface area contributed by atoms with Crippen molar-refractivity contribution in [1.29, 1.82) is 0 Å². The van der Waals surface area contributed by atoms with E-state index in [2.05, 4.69) is 27.3 Å². The summed E-state index contributed by atoms with van der Waals surface area (Å²) in [5.74, 6) is 0.787. The number of ether oxygens (including phenoxy) is 2. The van der Waals surface area contributed by atoms with Crippen LogP contribution < -0.4 is 20.0 Å². The fourth-order valence-electron chi connectivity index (χ4n) is 5.03. The minimum atomic E-state index is -0.434. The van der Waals surface area contributed by atoms with Crippen LogP contribution >= 0.6 is 0 Å². The van der Waals surface area contributed by atoms with E-state index >= 15 is 0 Å². The summed E-state index contributed by atoms with van der Waals surface area (Å²) in [6.45, 7) is 7.58. The third kappa shape index (κ3) is 3.69. The zero-order valence-electron chi connectivity index (χ0n) is 20.0. The Bertz CT molecular complexity index is 1150. The quantitative estimate of drug-likeness (QED) is 0.705. The predicted octanol–water partition coefficient (Wildman–Crippen LogP) is 2.68. The molecule has 5 rings (SSSR count). The second-order valence-electron chi connectivity index (χ2n) is 9.42. The van der Waals surface area contributed by atoms with Crippen LogP contribution in [0, 0.1) is 5.82 Å². The molecule has 8 nitrogen and oxygen atoms in total. The molecule has 0 unspecified atom stereocenters. The molecular weight excluding hydrogens is 437 g/mol. The van der Waals surface area contributed by atoms with Gasteiger partial charge in [0.15, 0.2) is 5.84 Å². The van der Waals surface area contributed by atoms with Crippen molar-refractivity contribution in [2.24, 2.45) is 5.10 Å². The zero-order chi connectivity index (χ0) is 24.0. The lowest BCUT2D eigenvalue weighted by molar-refractivity contribution is -0.122. The van der Waals surface area contributed by atoms with Gasteiger partial charge in [0.05, 0.1) is 17.8 Å². The van der Waals surface area contributed by atoms with E-state index in [-0.39, 0.29) is 23.9 Å². The Labute approximate surface area is 198 Å². The summed E-state index contributed by atoms with van der Waals surface area (Å²) in [7, 11) is 3.76. The number of likely N-dealkylation sites (N-methyl/N-ethyl adjacent to an activating group) is 1. The first-order valence-electron chi connectivity index (χ1n) is 11.5. The van der Waals surface area contributed by atoms with E-state index in [1.807, 2.05) is 37.1 Å². The summed E-state index contributed by atoms with van der Waals surface area (Å²) in [5, 5.41) is 4.19. The number of nitrogens with zero attached hydrogens (tertiary/aromatic N) is 4. The number of carbonyl (C=O) groups excluding carboxylic acids is 1. The number of carbonyl (C=O) groups is 1. The number of hydrogen-bond donors (Lipinski definition) is 1. The second-order valence-corrected chi connectivity index (χ2v) is 9.42. The van der Waals surface area contributed by atoms with Gasteiger partial charge in [-0.3, -0.25) is 9.69 Å². The van der Waals surface area contributed by atoms with E-state index in [0.29, 0.717) is 23.8 Å². The summed E-state index contributed by atoms with van der Waals surface area (Å²) in [6, 6.07) is 10.2. The number of amidine groups is 1. The molecule has 0 aliphatic carbocycles. The van der Waals surface area contributed by atoms with Crippen LogP contribution in [0.25, 0.3) is 11.1 Å². The molecule has 9 heteroatoms. The van der Waals surface area contributed by atoms with Crippen molar-refractivity contribution in [2.45, 2.75) is 25.4 Å². The summed E-state index contributed by atoms with van der Waals surface area (Å²) < 4.78 is 26.2. The van der Waals surface area contributed by atoms with E-state index in [9.17, 15) is 9.18 Å². The maximum Gasteiger partial charge on any atom is 0.262 e. The molecule has 2 aromatic carbocycles. The number of rotatable bonds is 6. The first-order valence-corrected chi connectivity index (χ1v) is 11.5. The second kappa shape index (κ2) is 8.56. The topological polar surface area (TPSA) is 69.6 Å². The Hall–Kier alpha value is -3.17. The number of hydrazone groups is 1. The Balaban J connectivity index is 1.60. The van der Waals surface area contributed by atoms with Gasteiger partial charge in [0.1, 0.15) is 24.2 Å². The van der Waals surface area contributed by atoms with Gasteiger partial charge in [0.25, 0.3) is 5.91 Å². The lowest BCUT2D eigenvalue weighted by atomic mass is 9.88. The van der Waals surface area contributed by atoms with Crippen LogP contribution in [0.5, 0.6) is 5.75 Å². The number of nitrogens with one attached hydrogen (secondary N) is 1. The molecule has 1 fully saturated rings. The van der Waals surface area contributed by atoms with Crippen LogP contribution in [0.1, 0.15) is 13.8 Å². The minimum absolute atomic E-state index is 0.140. The van der Waals surface area contributed by atoms with Gasteiger partial charge >= 0.3 is 0 Å². The van der Waals surface area contributed by atoms with Crippen LogP contribution in [0.15, 0.2) is 41.5 Å². The minimum Gasteiger partial charge on any atom is -0.483 e. The van der Waals surface area contributed by atoms with Crippen molar-refractivity contribution in [3.63, 3.8) is 0 Å². The molecule has 0 aromatic heterocycles. The largest absolute Gasteiger partial charge is 0.483 e. The van der Waals surface area contributed by atoms with E-state index in [4.69, 9.17) is 9.47 Å². The molecule has 3 aliphatic heterocycles. The lowest BCUT2D eigenvalue weighted by Crippen LogP contribution is -2.68. The molecule has 1 amide bonds. The maximum atomic E-state index is 15.0. The zero-order valence-corrected chi connectivity index (χ0v) is 20.0. The van der Waals surface area contributed by atoms with Crippen molar-refractivity contribution in [3.05, 3.63) is 42.2 Å². The molecule has 34 heavy (non-hydrogen) atoms. The Morgan fingerprint density at radius 3 is 2.79 bits per heavy atom. The van der Waals surface area contributed by atoms with Gasteiger partial charge in [-0.05, 0) is 32.0 Å². The molecule has 0 saturated carbocycles. The van der Waals surface area contributed by atoms with E-state index in [0.717, 1.165) is 36.6 Å². The Morgan fingerprint density at radius 1 is 1.29 bits per heavy atom. The monoisotopic (exact) mass is 467 g/mol. The van der Waals surface area contributed by atoms with E-state index in [1.54, 1.807) is 19.2 Å². The number of amides is 1. The van der Waals surface area contributed by atoms with Crippen LogP contribution in [0.3, 0.4) is 0 Å². The highest BCUT2D eigenvalue weighted by atomic mass is 19.1. The maximum absolute atomic E-state index is 15.0. The third-order valence-corrected chi connectivity index (χ3v) is 7.11. The number of halogens is 1. The van der Waals surface area contributed by atoms with Gasteiger partial charge in [0, 0.05) is 50.6 Å². The fourth-order valence-corrected chi connectivity index (χ4v) is 5.03. The van der Waals surface area contributed by atoms with E-state index < -0.39 is 6.04 Å². The van der Waals surface area contributed by atoms with Gasteiger partial charge in [0.2, 0.25) is 0 Å². The average Bonchev–Trinajstić information content (AvgIpc) is 2.82. The molecule has 2 aromatic rings. The molecule has 0 bridgehead atoms. The molecule has 1 atom stereocenters. The molecule has 180 valence electrons. The number of methoxy groups -OCH3 is 1. The van der Waals surface area contributed by atoms with Crippen molar-refractivity contribution < 1.29 is 18.7 Å². The molecule has 3 aliphatic rings. The summed E-state index contributed by atoms with van der Waals surface area (Å²) in [6.07, 6.45) is 0. The number of benzene rings is 2. The third-order valence-electron chi connectivity index (χ3n) is 7.11. The Kier molecular flexibility index (Phi) is 5.69. The fraction of sp³-hybridized carbons (Fsp3) is 0.440. The lowest BCUT2D eigenvalue weighted by Gasteiger charge is -2.54. The highest BCUT2D eigenvalue weighted by Gasteiger charge is 2.43. The average molecular weight is 468 g/mol. The predicted molar refractivity (Wildman–Crippen MR) is 130 cm³/mol. The molecule has 0 radical (unpaired) electrons. The summed E-state index contributed by atoms with van der Waals surface area (Å²) >= 11 is 0. The highest BCUT2D eigenvalue weighted by molar-refractivity contribution is 6.10. The number of likely N-dealkylation sites (tertiary alicyclic amines) is 1. The number of anilines is 2. The van der Waals surface area contributed by atoms with Crippen LogP contribution in [0.4, 0.5) is 15.8 Å². The van der Waals surface area contributed by atoms with E-state index in [1.165, 1.54) is 6.07 Å². The smallest absolute Gasteiger partial charge is 0.262 e. The molecule has 1 N–H and O–H groups in total. The molecule has 3 heterocycles. The van der Waals surface area contributed by atoms with Crippen molar-refractivity contribution >= 4 is 23.1 Å². The standard InChI is InChI=1S/C25H30FN5O3/c1-16-24(32)28-27-23-13-34-22-11-18(17-7-5-6-8-19(17)26)20(12-21(22)31(16)23)29(3)25(2)14-30(15-25)9-10-33-4/h5-8,11-12,16H,9-10,13-15H2,1-4H3,(H,28,32)/t16-/m1/s1. The van der Waals surface area contributed by atoms with Gasteiger partial charge in [-0.15, -0.1) is 0 Å². The normalized spacial score (nSPS) is 21.0. The molecule has 1 saturated heterocycles. The van der Waals surface area contributed by atoms with Gasteiger partial charge < -0.3 is 19.3 Å². The van der Waals surface area contributed by atoms with Gasteiger partial charge in [-0.2, -0.15) is 5.10 Å². The SMILES string of the molecule is COCCN1CC(C)(N(C)c2cc3c(cc2-c2ccccc2F)OCC2=NNC(=O)[C@@H](C)N23)C1. The van der Waals surface area contributed by atoms with Crippen molar-refractivity contribution in [1.82, 2.24) is 10.3 Å². The molecular formula is C25H30FN5O3. The first kappa shape index (κ1) is 22.6. The highest BCUT2D eigenvalue weighted by Crippen LogP contribution is 2.46. The Morgan fingerprint density at radius 2 is 2.06 bits per heavy atom. The molecule has 0 spiro atoms. The van der Waals surface area contributed by atoms with Crippen molar-refractivity contribution in [2.75, 3.05) is 56.8 Å². The number of fused-ring (bicyclic) bond motifs is 3. The first-order chi connectivity index (χ1) is 16.3. The van der Waals surface area contributed by atoms with Gasteiger partial charge in [-0.1, -0.05) is 18.2 Å². The van der Waals surface area contributed by atoms with Crippen LogP contribution in [-0.4, -0.2) is 75.2 Å². The van der Waals surface area contributed by atoms with Gasteiger partial charge in [-0.25, -0.2) is 9.82 Å². The van der Waals surface area contributed by atoms with Crippen LogP contribution in [0.2, 0.25) is 0 Å². The summed E-state index contributed by atoms with van der Waals surface area (Å²) in [5.41, 5.74) is 5.32. The number of hydrogen-bond acceptors (Lipinski definition) is 7. The summed E-state index contributed by atoms with van der Waals surface area (Å²) in [4.78, 5) is 18.8. The van der Waals surface area contributed by atoms with Crippen LogP contribution in [-0.2, 0) is 9.53 Å².